The first-order valence-electron chi connectivity index (χ1n) is 8.39. The average Bonchev–Trinajstić information content (AvgIpc) is 3.14. The average molecular weight is 390 g/mol. The zero-order valence-corrected chi connectivity index (χ0v) is 14.9. The van der Waals surface area contributed by atoms with Crippen LogP contribution < -0.4 is 0 Å². The summed E-state index contributed by atoms with van der Waals surface area (Å²) < 4.78 is 5.89. The summed E-state index contributed by atoms with van der Waals surface area (Å²) in [5.41, 5.74) is -0.0987. The highest BCUT2D eigenvalue weighted by molar-refractivity contribution is 14.1. The number of carbonyl (C=O) groups is 1. The SMILES string of the molecule is CCC(C)(I)C(=O)OC1(C2CC3CCC2C3)CCCC1. The summed E-state index contributed by atoms with van der Waals surface area (Å²) >= 11 is 2.27. The molecule has 3 aliphatic carbocycles. The second kappa shape index (κ2) is 5.44. The molecule has 0 aliphatic heterocycles. The van der Waals surface area contributed by atoms with Crippen molar-refractivity contribution in [3.05, 3.63) is 0 Å². The van der Waals surface area contributed by atoms with Crippen LogP contribution in [0.2, 0.25) is 0 Å². The fourth-order valence-electron chi connectivity index (χ4n) is 4.85. The molecule has 20 heavy (non-hydrogen) atoms. The van der Waals surface area contributed by atoms with Gasteiger partial charge in [0, 0.05) is 5.92 Å². The number of esters is 1. The van der Waals surface area contributed by atoms with Gasteiger partial charge in [-0.05, 0) is 70.1 Å². The third-order valence-electron chi connectivity index (χ3n) is 6.25. The summed E-state index contributed by atoms with van der Waals surface area (Å²) in [5.74, 6) is 2.47. The van der Waals surface area contributed by atoms with E-state index in [9.17, 15) is 4.79 Å². The molecule has 0 aromatic carbocycles. The normalized spacial score (nSPS) is 37.9. The molecule has 114 valence electrons. The molecule has 4 atom stereocenters. The van der Waals surface area contributed by atoms with Crippen LogP contribution in [0.1, 0.15) is 71.6 Å². The van der Waals surface area contributed by atoms with Gasteiger partial charge in [0.05, 0.1) is 0 Å². The number of halogens is 1. The molecule has 0 N–H and O–H groups in total. The van der Waals surface area contributed by atoms with E-state index in [0.29, 0.717) is 5.92 Å². The van der Waals surface area contributed by atoms with Gasteiger partial charge in [-0.15, -0.1) is 0 Å². The minimum absolute atomic E-state index is 0.0327. The highest BCUT2D eigenvalue weighted by Crippen LogP contribution is 2.57. The number of ether oxygens (including phenoxy) is 1. The maximum atomic E-state index is 12.6. The number of rotatable bonds is 4. The third-order valence-corrected chi connectivity index (χ3v) is 7.45. The van der Waals surface area contributed by atoms with Crippen molar-refractivity contribution in [2.45, 2.75) is 80.7 Å². The molecule has 3 aliphatic rings. The maximum absolute atomic E-state index is 12.6. The zero-order valence-electron chi connectivity index (χ0n) is 12.8. The van der Waals surface area contributed by atoms with E-state index in [1.165, 1.54) is 38.5 Å². The van der Waals surface area contributed by atoms with E-state index in [2.05, 4.69) is 29.5 Å². The van der Waals surface area contributed by atoms with Crippen molar-refractivity contribution in [1.82, 2.24) is 0 Å². The van der Waals surface area contributed by atoms with Gasteiger partial charge >= 0.3 is 5.97 Å². The van der Waals surface area contributed by atoms with Crippen LogP contribution in [0.5, 0.6) is 0 Å². The molecule has 0 amide bonds. The fourth-order valence-corrected chi connectivity index (χ4v) is 4.96. The van der Waals surface area contributed by atoms with Crippen molar-refractivity contribution < 1.29 is 9.53 Å². The second-order valence-corrected chi connectivity index (χ2v) is 9.87. The number of hydrogen-bond acceptors (Lipinski definition) is 2. The summed E-state index contributed by atoms with van der Waals surface area (Å²) in [7, 11) is 0. The van der Waals surface area contributed by atoms with Crippen LogP contribution >= 0.6 is 22.6 Å². The number of fused-ring (bicyclic) bond motifs is 2. The van der Waals surface area contributed by atoms with Crippen LogP contribution in [0.25, 0.3) is 0 Å². The molecule has 2 bridgehead atoms. The van der Waals surface area contributed by atoms with E-state index >= 15 is 0 Å². The van der Waals surface area contributed by atoms with Crippen molar-refractivity contribution in [1.29, 1.82) is 0 Å². The molecule has 0 radical (unpaired) electrons. The topological polar surface area (TPSA) is 26.3 Å². The van der Waals surface area contributed by atoms with Crippen LogP contribution in [-0.2, 0) is 9.53 Å². The Hall–Kier alpha value is 0.200. The molecule has 3 heteroatoms. The predicted octanol–water partition coefficient (Wildman–Crippen LogP) is 4.88. The summed E-state index contributed by atoms with van der Waals surface area (Å²) in [6, 6.07) is 0. The zero-order chi connectivity index (χ0) is 14.4. The molecule has 0 aromatic rings. The number of alkyl halides is 1. The van der Waals surface area contributed by atoms with E-state index in [4.69, 9.17) is 4.74 Å². The van der Waals surface area contributed by atoms with Crippen molar-refractivity contribution in [2.75, 3.05) is 0 Å². The van der Waals surface area contributed by atoms with Gasteiger partial charge in [-0.3, -0.25) is 4.79 Å². The molecule has 3 rings (SSSR count). The van der Waals surface area contributed by atoms with Crippen LogP contribution in [0, 0.1) is 17.8 Å². The van der Waals surface area contributed by atoms with E-state index in [0.717, 1.165) is 31.1 Å². The minimum atomic E-state index is -0.356. The third kappa shape index (κ3) is 2.52. The Morgan fingerprint density at radius 1 is 1.30 bits per heavy atom. The van der Waals surface area contributed by atoms with Gasteiger partial charge in [0.15, 0.2) is 0 Å². The van der Waals surface area contributed by atoms with Gasteiger partial charge in [0.1, 0.15) is 9.02 Å². The first kappa shape index (κ1) is 15.1. The molecule has 0 aromatic heterocycles. The van der Waals surface area contributed by atoms with E-state index in [1.54, 1.807) is 0 Å². The van der Waals surface area contributed by atoms with Crippen molar-refractivity contribution in [2.24, 2.45) is 17.8 Å². The van der Waals surface area contributed by atoms with Gasteiger partial charge < -0.3 is 4.74 Å². The predicted molar refractivity (Wildman–Crippen MR) is 88.9 cm³/mol. The highest BCUT2D eigenvalue weighted by atomic mass is 127. The standard InChI is InChI=1S/C17H27IO2/c1-3-16(2,18)15(19)20-17(8-4-5-9-17)14-11-12-6-7-13(14)10-12/h12-14H,3-11H2,1-2H3. The van der Waals surface area contributed by atoms with E-state index in [-0.39, 0.29) is 15.0 Å². The van der Waals surface area contributed by atoms with Crippen molar-refractivity contribution in [3.8, 4) is 0 Å². The molecule has 2 nitrogen and oxygen atoms in total. The maximum Gasteiger partial charge on any atom is 0.322 e. The Morgan fingerprint density at radius 3 is 2.50 bits per heavy atom. The summed E-state index contributed by atoms with van der Waals surface area (Å²) in [6.07, 6.45) is 11.1. The largest absolute Gasteiger partial charge is 0.458 e. The Labute approximate surface area is 136 Å². The Balaban J connectivity index is 1.77. The minimum Gasteiger partial charge on any atom is -0.458 e. The van der Waals surface area contributed by atoms with Crippen molar-refractivity contribution >= 4 is 28.6 Å². The van der Waals surface area contributed by atoms with E-state index in [1.807, 2.05) is 6.92 Å². The molecule has 3 fully saturated rings. The lowest BCUT2D eigenvalue weighted by atomic mass is 9.75. The molecule has 4 unspecified atom stereocenters. The fraction of sp³-hybridized carbons (Fsp3) is 0.941. The Morgan fingerprint density at radius 2 is 2.00 bits per heavy atom. The monoisotopic (exact) mass is 390 g/mol. The highest BCUT2D eigenvalue weighted by Gasteiger charge is 2.54. The first-order chi connectivity index (χ1) is 9.47. The number of hydrogen-bond donors (Lipinski definition) is 0. The summed E-state index contributed by atoms with van der Waals surface area (Å²) in [6.45, 7) is 4.09. The molecule has 0 saturated heterocycles. The lowest BCUT2D eigenvalue weighted by Crippen LogP contribution is -2.46. The molecule has 0 spiro atoms. The van der Waals surface area contributed by atoms with Crippen LogP contribution in [-0.4, -0.2) is 15.0 Å². The second-order valence-electron chi connectivity index (χ2n) is 7.49. The van der Waals surface area contributed by atoms with E-state index < -0.39 is 0 Å². The lowest BCUT2D eigenvalue weighted by Gasteiger charge is -2.41. The Bertz CT molecular complexity index is 384. The molecular weight excluding hydrogens is 363 g/mol. The smallest absolute Gasteiger partial charge is 0.322 e. The van der Waals surface area contributed by atoms with Crippen molar-refractivity contribution in [3.63, 3.8) is 0 Å². The van der Waals surface area contributed by atoms with Crippen LogP contribution in [0.4, 0.5) is 0 Å². The summed E-state index contributed by atoms with van der Waals surface area (Å²) in [4.78, 5) is 12.6. The van der Waals surface area contributed by atoms with Gasteiger partial charge in [0.25, 0.3) is 0 Å². The van der Waals surface area contributed by atoms with Gasteiger partial charge in [-0.25, -0.2) is 0 Å². The first-order valence-corrected chi connectivity index (χ1v) is 9.47. The van der Waals surface area contributed by atoms with Crippen LogP contribution in [0.15, 0.2) is 0 Å². The van der Waals surface area contributed by atoms with Gasteiger partial charge in [0.2, 0.25) is 0 Å². The molecule has 3 saturated carbocycles. The quantitative estimate of drug-likeness (QED) is 0.389. The summed E-state index contributed by atoms with van der Waals surface area (Å²) in [5, 5.41) is 0. The van der Waals surface area contributed by atoms with Gasteiger partial charge in [-0.1, -0.05) is 35.9 Å². The van der Waals surface area contributed by atoms with Crippen LogP contribution in [0.3, 0.4) is 0 Å². The Kier molecular flexibility index (Phi) is 4.11. The number of carbonyl (C=O) groups excluding carboxylic acids is 1. The van der Waals surface area contributed by atoms with Gasteiger partial charge in [-0.2, -0.15) is 0 Å². The lowest BCUT2D eigenvalue weighted by molar-refractivity contribution is -0.170. The molecular formula is C17H27IO2. The molecule has 0 heterocycles.